The van der Waals surface area contributed by atoms with Gasteiger partial charge < -0.3 is 20.5 Å². The van der Waals surface area contributed by atoms with Crippen LogP contribution in [0.4, 0.5) is 4.79 Å². The van der Waals surface area contributed by atoms with E-state index in [1.54, 1.807) is 6.92 Å². The van der Waals surface area contributed by atoms with Gasteiger partial charge in [-0.05, 0) is 25.2 Å². The first-order valence-corrected chi connectivity index (χ1v) is 6.45. The van der Waals surface area contributed by atoms with E-state index in [1.165, 1.54) is 12.8 Å². The number of hydrogen-bond donors (Lipinski definition) is 3. The van der Waals surface area contributed by atoms with Crippen LogP contribution in [0.5, 0.6) is 0 Å². The van der Waals surface area contributed by atoms with E-state index < -0.39 is 11.9 Å². The summed E-state index contributed by atoms with van der Waals surface area (Å²) in [6.07, 6.45) is 3.00. The number of hydrogen-bond acceptors (Lipinski definition) is 3. The van der Waals surface area contributed by atoms with Gasteiger partial charge in [-0.2, -0.15) is 0 Å². The molecule has 1 aliphatic rings. The Labute approximate surface area is 107 Å². The zero-order valence-corrected chi connectivity index (χ0v) is 10.8. The van der Waals surface area contributed by atoms with E-state index in [9.17, 15) is 9.59 Å². The van der Waals surface area contributed by atoms with Gasteiger partial charge >= 0.3 is 12.0 Å². The van der Waals surface area contributed by atoms with Gasteiger partial charge in [0.1, 0.15) is 0 Å². The number of nitrogens with one attached hydrogen (secondary N) is 2. The molecule has 6 heteroatoms. The summed E-state index contributed by atoms with van der Waals surface area (Å²) in [4.78, 5) is 22.0. The highest BCUT2D eigenvalue weighted by molar-refractivity contribution is 5.75. The van der Waals surface area contributed by atoms with Crippen LogP contribution in [0.1, 0.15) is 26.2 Å². The fourth-order valence-electron chi connectivity index (χ4n) is 1.46. The predicted octanol–water partition coefficient (Wildman–Crippen LogP) is 0.823. The maximum absolute atomic E-state index is 11.3. The van der Waals surface area contributed by atoms with Crippen molar-refractivity contribution in [3.05, 3.63) is 0 Å². The summed E-state index contributed by atoms with van der Waals surface area (Å²) >= 11 is 0. The van der Waals surface area contributed by atoms with E-state index in [2.05, 4.69) is 10.6 Å². The molecule has 3 N–H and O–H groups in total. The Hall–Kier alpha value is -1.30. The first-order valence-electron chi connectivity index (χ1n) is 6.45. The van der Waals surface area contributed by atoms with Crippen molar-refractivity contribution in [1.82, 2.24) is 10.6 Å². The van der Waals surface area contributed by atoms with Crippen LogP contribution in [0.3, 0.4) is 0 Å². The van der Waals surface area contributed by atoms with Crippen LogP contribution in [-0.4, -0.2) is 43.4 Å². The second-order valence-electron chi connectivity index (χ2n) is 4.60. The van der Waals surface area contributed by atoms with E-state index in [-0.39, 0.29) is 12.6 Å². The number of carbonyl (C=O) groups is 2. The molecule has 0 aliphatic heterocycles. The van der Waals surface area contributed by atoms with Crippen molar-refractivity contribution in [2.45, 2.75) is 26.2 Å². The molecule has 0 spiro atoms. The molecular formula is C12H22N2O4. The van der Waals surface area contributed by atoms with Crippen molar-refractivity contribution in [2.24, 2.45) is 11.8 Å². The molecule has 0 saturated heterocycles. The number of carboxylic acids is 1. The molecule has 1 unspecified atom stereocenters. The van der Waals surface area contributed by atoms with Gasteiger partial charge in [0.25, 0.3) is 0 Å². The van der Waals surface area contributed by atoms with E-state index in [1.807, 2.05) is 0 Å². The van der Waals surface area contributed by atoms with Crippen LogP contribution < -0.4 is 10.6 Å². The smallest absolute Gasteiger partial charge is 0.314 e. The molecule has 1 fully saturated rings. The second kappa shape index (κ2) is 7.92. The number of rotatable bonds is 9. The lowest BCUT2D eigenvalue weighted by atomic mass is 10.1. The Kier molecular flexibility index (Phi) is 6.49. The van der Waals surface area contributed by atoms with Crippen LogP contribution >= 0.6 is 0 Å². The maximum Gasteiger partial charge on any atom is 0.314 e. The van der Waals surface area contributed by atoms with Gasteiger partial charge in [-0.3, -0.25) is 4.79 Å². The Morgan fingerprint density at radius 2 is 2.11 bits per heavy atom. The summed E-state index contributed by atoms with van der Waals surface area (Å²) in [5.74, 6) is -0.688. The molecule has 1 atom stereocenters. The number of ether oxygens (including phenoxy) is 1. The van der Waals surface area contributed by atoms with Crippen molar-refractivity contribution in [3.63, 3.8) is 0 Å². The quantitative estimate of drug-likeness (QED) is 0.534. The summed E-state index contributed by atoms with van der Waals surface area (Å²) in [6.45, 7) is 3.66. The number of carbonyl (C=O) groups excluding carboxylic acids is 1. The van der Waals surface area contributed by atoms with E-state index in [0.29, 0.717) is 19.6 Å². The lowest BCUT2D eigenvalue weighted by Crippen LogP contribution is -2.41. The minimum absolute atomic E-state index is 0.153. The fourth-order valence-corrected chi connectivity index (χ4v) is 1.46. The molecule has 0 aromatic carbocycles. The molecule has 0 heterocycles. The lowest BCUT2D eigenvalue weighted by Gasteiger charge is -2.12. The Bertz CT molecular complexity index is 279. The largest absolute Gasteiger partial charge is 0.481 e. The fraction of sp³-hybridized carbons (Fsp3) is 0.833. The lowest BCUT2D eigenvalue weighted by molar-refractivity contribution is -0.141. The van der Waals surface area contributed by atoms with Gasteiger partial charge in [0.15, 0.2) is 0 Å². The van der Waals surface area contributed by atoms with Gasteiger partial charge in [0.05, 0.1) is 12.5 Å². The van der Waals surface area contributed by atoms with Gasteiger partial charge in [0, 0.05) is 19.7 Å². The molecule has 0 aromatic heterocycles. The molecule has 18 heavy (non-hydrogen) atoms. The monoisotopic (exact) mass is 258 g/mol. The molecule has 2 amide bonds. The van der Waals surface area contributed by atoms with E-state index in [4.69, 9.17) is 9.84 Å². The third-order valence-electron chi connectivity index (χ3n) is 2.93. The zero-order valence-electron chi connectivity index (χ0n) is 10.8. The summed E-state index contributed by atoms with van der Waals surface area (Å²) in [6, 6.07) is -0.343. The van der Waals surface area contributed by atoms with Gasteiger partial charge in [0.2, 0.25) is 0 Å². The first-order chi connectivity index (χ1) is 8.63. The number of amides is 2. The van der Waals surface area contributed by atoms with Crippen LogP contribution in [0, 0.1) is 11.8 Å². The van der Waals surface area contributed by atoms with E-state index in [0.717, 1.165) is 12.5 Å². The molecule has 0 bridgehead atoms. The average molecular weight is 258 g/mol. The van der Waals surface area contributed by atoms with Crippen molar-refractivity contribution >= 4 is 12.0 Å². The van der Waals surface area contributed by atoms with Gasteiger partial charge in [-0.15, -0.1) is 0 Å². The SMILES string of the molecule is CCC(CNC(=O)NCCOCC1CC1)C(=O)O. The van der Waals surface area contributed by atoms with E-state index >= 15 is 0 Å². The predicted molar refractivity (Wildman–Crippen MR) is 66.4 cm³/mol. The number of urea groups is 1. The van der Waals surface area contributed by atoms with Gasteiger partial charge in [-0.1, -0.05) is 6.92 Å². The highest BCUT2D eigenvalue weighted by atomic mass is 16.5. The molecule has 0 radical (unpaired) electrons. The summed E-state index contributed by atoms with van der Waals surface area (Å²) in [5, 5.41) is 14.0. The normalized spacial score (nSPS) is 16.1. The number of aliphatic carboxylic acids is 1. The highest BCUT2D eigenvalue weighted by Crippen LogP contribution is 2.28. The molecule has 1 rings (SSSR count). The minimum Gasteiger partial charge on any atom is -0.481 e. The van der Waals surface area contributed by atoms with Gasteiger partial charge in [-0.25, -0.2) is 4.79 Å². The standard InChI is InChI=1S/C12H22N2O4/c1-2-10(11(15)16)7-14-12(17)13-5-6-18-8-9-3-4-9/h9-10H,2-8H2,1H3,(H,15,16)(H2,13,14,17). The van der Waals surface area contributed by atoms with Crippen molar-refractivity contribution in [1.29, 1.82) is 0 Å². The minimum atomic E-state index is -0.884. The first kappa shape index (κ1) is 14.8. The number of carboxylic acid groups (broad SMARTS) is 1. The molecule has 0 aromatic rings. The maximum atomic E-state index is 11.3. The summed E-state index contributed by atoms with van der Waals surface area (Å²) in [5.41, 5.74) is 0. The topological polar surface area (TPSA) is 87.7 Å². The van der Waals surface area contributed by atoms with Crippen LogP contribution in [0.2, 0.25) is 0 Å². The molecule has 1 aliphatic carbocycles. The summed E-state index contributed by atoms with van der Waals surface area (Å²) < 4.78 is 5.36. The van der Waals surface area contributed by atoms with Crippen LogP contribution in [0.15, 0.2) is 0 Å². The van der Waals surface area contributed by atoms with Crippen molar-refractivity contribution in [3.8, 4) is 0 Å². The Balaban J connectivity index is 1.96. The highest BCUT2D eigenvalue weighted by Gasteiger charge is 2.20. The molecule has 104 valence electrons. The Morgan fingerprint density at radius 1 is 1.39 bits per heavy atom. The molecule has 1 saturated carbocycles. The molecule has 6 nitrogen and oxygen atoms in total. The van der Waals surface area contributed by atoms with Crippen LogP contribution in [0.25, 0.3) is 0 Å². The van der Waals surface area contributed by atoms with Crippen LogP contribution in [-0.2, 0) is 9.53 Å². The second-order valence-corrected chi connectivity index (χ2v) is 4.60. The zero-order chi connectivity index (χ0) is 13.4. The third-order valence-corrected chi connectivity index (χ3v) is 2.93. The summed E-state index contributed by atoms with van der Waals surface area (Å²) in [7, 11) is 0. The van der Waals surface area contributed by atoms with Crippen molar-refractivity contribution < 1.29 is 19.4 Å². The average Bonchev–Trinajstić information content (AvgIpc) is 3.13. The Morgan fingerprint density at radius 3 is 2.67 bits per heavy atom. The van der Waals surface area contributed by atoms with Crippen molar-refractivity contribution in [2.75, 3.05) is 26.3 Å². The molecular weight excluding hydrogens is 236 g/mol. The third kappa shape index (κ3) is 6.44.